The Balaban J connectivity index is 2.07. The second-order valence-corrected chi connectivity index (χ2v) is 6.91. The summed E-state index contributed by atoms with van der Waals surface area (Å²) in [6, 6.07) is 2.16. The summed E-state index contributed by atoms with van der Waals surface area (Å²) in [5, 5.41) is 0.175. The number of hydrogen-bond donors (Lipinski definition) is 0. The molecule has 1 atom stereocenters. The van der Waals surface area contributed by atoms with Crippen molar-refractivity contribution < 1.29 is 0 Å². The minimum Gasteiger partial charge on any atom is -0.127 e. The first-order valence-electron chi connectivity index (χ1n) is 6.08. The lowest BCUT2D eigenvalue weighted by atomic mass is 9.95. The molecule has 0 N–H and O–H groups in total. The molecule has 1 saturated carbocycles. The van der Waals surface area contributed by atoms with Gasteiger partial charge in [-0.25, -0.2) is 0 Å². The highest BCUT2D eigenvalue weighted by molar-refractivity contribution is 7.16. The summed E-state index contributed by atoms with van der Waals surface area (Å²) < 4.78 is 0.897. The minimum atomic E-state index is 0.175. The van der Waals surface area contributed by atoms with Crippen molar-refractivity contribution in [2.45, 2.75) is 50.8 Å². The van der Waals surface area contributed by atoms with Crippen LogP contribution in [0.4, 0.5) is 0 Å². The van der Waals surface area contributed by atoms with Crippen LogP contribution in [0.5, 0.6) is 0 Å². The number of hydrogen-bond acceptors (Lipinski definition) is 1. The van der Waals surface area contributed by atoms with Crippen molar-refractivity contribution in [3.05, 3.63) is 20.8 Å². The fourth-order valence-corrected chi connectivity index (χ4v) is 4.19. The molecule has 1 aromatic heterocycles. The molecular weight excluding hydrogens is 259 g/mol. The molecule has 0 amide bonds. The van der Waals surface area contributed by atoms with Crippen molar-refractivity contribution in [2.75, 3.05) is 0 Å². The van der Waals surface area contributed by atoms with Gasteiger partial charge in [0.1, 0.15) is 0 Å². The molecule has 1 aromatic rings. The second kappa shape index (κ2) is 5.75. The van der Waals surface area contributed by atoms with Crippen molar-refractivity contribution in [1.82, 2.24) is 0 Å². The van der Waals surface area contributed by atoms with Crippen LogP contribution < -0.4 is 0 Å². The van der Waals surface area contributed by atoms with Crippen LogP contribution in [0.15, 0.2) is 6.07 Å². The second-order valence-electron chi connectivity index (χ2n) is 4.76. The van der Waals surface area contributed by atoms with Crippen LogP contribution in [0.25, 0.3) is 0 Å². The maximum atomic E-state index is 6.59. The molecule has 0 saturated heterocycles. The zero-order chi connectivity index (χ0) is 11.5. The van der Waals surface area contributed by atoms with Gasteiger partial charge in [-0.1, -0.05) is 37.3 Å². The van der Waals surface area contributed by atoms with E-state index >= 15 is 0 Å². The molecule has 0 aliphatic heterocycles. The van der Waals surface area contributed by atoms with Gasteiger partial charge >= 0.3 is 0 Å². The lowest BCUT2D eigenvalue weighted by molar-refractivity contribution is 0.448. The van der Waals surface area contributed by atoms with Crippen molar-refractivity contribution in [2.24, 2.45) is 5.92 Å². The Morgan fingerprint density at radius 3 is 2.38 bits per heavy atom. The Morgan fingerprint density at radius 2 is 1.88 bits per heavy atom. The largest absolute Gasteiger partial charge is 0.127 e. The van der Waals surface area contributed by atoms with Gasteiger partial charge in [0.15, 0.2) is 0 Å². The summed E-state index contributed by atoms with van der Waals surface area (Å²) in [7, 11) is 0. The van der Waals surface area contributed by atoms with Crippen molar-refractivity contribution in [1.29, 1.82) is 0 Å². The smallest absolute Gasteiger partial charge is 0.0960 e. The van der Waals surface area contributed by atoms with Crippen LogP contribution in [-0.2, 0) is 0 Å². The van der Waals surface area contributed by atoms with Crippen molar-refractivity contribution in [3.8, 4) is 0 Å². The van der Waals surface area contributed by atoms with Crippen LogP contribution in [0.2, 0.25) is 4.34 Å². The number of thiophene rings is 1. The summed E-state index contributed by atoms with van der Waals surface area (Å²) >= 11 is 14.4. The lowest BCUT2D eigenvalue weighted by Crippen LogP contribution is -2.05. The van der Waals surface area contributed by atoms with Crippen LogP contribution in [-0.4, -0.2) is 0 Å². The van der Waals surface area contributed by atoms with Gasteiger partial charge in [0.05, 0.1) is 9.71 Å². The van der Waals surface area contributed by atoms with E-state index in [9.17, 15) is 0 Å². The van der Waals surface area contributed by atoms with E-state index in [-0.39, 0.29) is 5.38 Å². The fourth-order valence-electron chi connectivity index (χ4n) is 2.46. The van der Waals surface area contributed by atoms with E-state index in [1.54, 1.807) is 11.3 Å². The molecule has 3 heteroatoms. The Kier molecular flexibility index (Phi) is 4.57. The van der Waals surface area contributed by atoms with E-state index in [0.717, 1.165) is 4.34 Å². The molecule has 0 bridgehead atoms. The van der Waals surface area contributed by atoms with E-state index in [1.807, 2.05) is 0 Å². The predicted molar refractivity (Wildman–Crippen MR) is 73.9 cm³/mol. The SMILES string of the molecule is Cc1cc(C(Cl)C2CCCCCC2)sc1Cl. The third-order valence-electron chi connectivity index (χ3n) is 3.46. The number of halogens is 2. The normalized spacial score (nSPS) is 20.7. The molecule has 0 aromatic carbocycles. The zero-order valence-corrected chi connectivity index (χ0v) is 12.0. The van der Waals surface area contributed by atoms with Crippen LogP contribution in [0.1, 0.15) is 54.3 Å². The summed E-state index contributed by atoms with van der Waals surface area (Å²) in [5.74, 6) is 0.651. The quantitative estimate of drug-likeness (QED) is 0.462. The van der Waals surface area contributed by atoms with E-state index in [2.05, 4.69) is 13.0 Å². The van der Waals surface area contributed by atoms with Gasteiger partial charge in [0, 0.05) is 4.88 Å². The molecule has 90 valence electrons. The molecule has 16 heavy (non-hydrogen) atoms. The average molecular weight is 277 g/mol. The number of alkyl halides is 1. The highest BCUT2D eigenvalue weighted by atomic mass is 35.5. The zero-order valence-electron chi connectivity index (χ0n) is 9.64. The Labute approximate surface area is 112 Å². The van der Waals surface area contributed by atoms with E-state index in [1.165, 1.54) is 49.0 Å². The summed E-state index contributed by atoms with van der Waals surface area (Å²) in [6.07, 6.45) is 8.00. The molecule has 0 nitrogen and oxygen atoms in total. The van der Waals surface area contributed by atoms with Crippen molar-refractivity contribution >= 4 is 34.5 Å². The van der Waals surface area contributed by atoms with E-state index in [0.29, 0.717) is 5.92 Å². The molecule has 1 unspecified atom stereocenters. The topological polar surface area (TPSA) is 0 Å². The predicted octanol–water partition coefficient (Wildman–Crippen LogP) is 5.96. The van der Waals surface area contributed by atoms with E-state index < -0.39 is 0 Å². The average Bonchev–Trinajstić information content (AvgIpc) is 2.51. The first kappa shape index (κ1) is 12.7. The van der Waals surface area contributed by atoms with Gasteiger partial charge in [-0.3, -0.25) is 0 Å². The lowest BCUT2D eigenvalue weighted by Gasteiger charge is -2.19. The summed E-state index contributed by atoms with van der Waals surface area (Å²) in [6.45, 7) is 2.05. The van der Waals surface area contributed by atoms with Gasteiger partial charge in [0.2, 0.25) is 0 Å². The summed E-state index contributed by atoms with van der Waals surface area (Å²) in [4.78, 5) is 1.26. The van der Waals surface area contributed by atoms with Gasteiger partial charge in [-0.15, -0.1) is 22.9 Å². The van der Waals surface area contributed by atoms with Crippen LogP contribution in [0.3, 0.4) is 0 Å². The van der Waals surface area contributed by atoms with E-state index in [4.69, 9.17) is 23.2 Å². The molecule has 1 aliphatic rings. The van der Waals surface area contributed by atoms with Crippen LogP contribution in [0, 0.1) is 12.8 Å². The monoisotopic (exact) mass is 276 g/mol. The molecule has 1 fully saturated rings. The maximum absolute atomic E-state index is 6.59. The first-order chi connectivity index (χ1) is 7.68. The third-order valence-corrected chi connectivity index (χ3v) is 5.82. The molecule has 0 spiro atoms. The molecule has 2 rings (SSSR count). The van der Waals surface area contributed by atoms with Crippen molar-refractivity contribution in [3.63, 3.8) is 0 Å². The van der Waals surface area contributed by atoms with Gasteiger partial charge < -0.3 is 0 Å². The highest BCUT2D eigenvalue weighted by Gasteiger charge is 2.24. The van der Waals surface area contributed by atoms with Gasteiger partial charge in [-0.2, -0.15) is 0 Å². The Bertz CT molecular complexity index is 318. The minimum absolute atomic E-state index is 0.175. The van der Waals surface area contributed by atoms with Crippen LogP contribution >= 0.6 is 34.5 Å². The molecule has 1 heterocycles. The molecule has 1 aliphatic carbocycles. The maximum Gasteiger partial charge on any atom is 0.0960 e. The molecular formula is C13H18Cl2S. The molecule has 0 radical (unpaired) electrons. The Morgan fingerprint density at radius 1 is 1.25 bits per heavy atom. The van der Waals surface area contributed by atoms with Gasteiger partial charge in [0.25, 0.3) is 0 Å². The summed E-state index contributed by atoms with van der Waals surface area (Å²) in [5.41, 5.74) is 1.17. The third kappa shape index (κ3) is 2.94. The number of rotatable bonds is 2. The van der Waals surface area contributed by atoms with Gasteiger partial charge in [-0.05, 0) is 37.3 Å². The highest BCUT2D eigenvalue weighted by Crippen LogP contribution is 2.42. The fraction of sp³-hybridized carbons (Fsp3) is 0.692. The number of aryl methyl sites for hydroxylation is 1. The standard InChI is InChI=1S/C13H18Cl2S/c1-9-8-11(16-13(9)15)12(14)10-6-4-2-3-5-7-10/h8,10,12H,2-7H2,1H3. The first-order valence-corrected chi connectivity index (χ1v) is 7.71. The Hall–Kier alpha value is 0.280.